The highest BCUT2D eigenvalue weighted by molar-refractivity contribution is 6.30. The predicted molar refractivity (Wildman–Crippen MR) is 138 cm³/mol. The van der Waals surface area contributed by atoms with Crippen molar-refractivity contribution in [2.45, 2.75) is 52.1 Å². The van der Waals surface area contributed by atoms with Crippen molar-refractivity contribution in [1.29, 1.82) is 0 Å². The molecule has 1 aliphatic heterocycles. The van der Waals surface area contributed by atoms with Crippen molar-refractivity contribution in [2.24, 2.45) is 5.73 Å². The number of anilines is 2. The average molecular weight is 484 g/mol. The Kier molecular flexibility index (Phi) is 8.61. The molecular formula is C27H34ClN3O3. The third-order valence-electron chi connectivity index (χ3n) is 5.60. The van der Waals surface area contributed by atoms with Crippen LogP contribution >= 0.6 is 11.6 Å². The molecule has 0 saturated carbocycles. The van der Waals surface area contributed by atoms with Crippen LogP contribution < -0.4 is 10.6 Å². The third-order valence-corrected chi connectivity index (χ3v) is 5.84. The Labute approximate surface area is 207 Å². The first-order chi connectivity index (χ1) is 16.1. The number of primary amides is 1. The molecular weight excluding hydrogens is 450 g/mol. The molecule has 182 valence electrons. The van der Waals surface area contributed by atoms with E-state index in [4.69, 9.17) is 22.1 Å². The van der Waals surface area contributed by atoms with Crippen molar-refractivity contribution >= 4 is 35.0 Å². The highest BCUT2D eigenvalue weighted by Gasteiger charge is 2.23. The predicted octanol–water partition coefficient (Wildman–Crippen LogP) is 5.64. The Morgan fingerprint density at radius 3 is 2.50 bits per heavy atom. The van der Waals surface area contributed by atoms with Crippen LogP contribution in [-0.2, 0) is 22.4 Å². The smallest absolute Gasteiger partial charge is 0.410 e. The molecule has 0 fully saturated rings. The summed E-state index contributed by atoms with van der Waals surface area (Å²) < 4.78 is 5.54. The van der Waals surface area contributed by atoms with Gasteiger partial charge in [0, 0.05) is 42.1 Å². The van der Waals surface area contributed by atoms with E-state index in [0.717, 1.165) is 42.9 Å². The van der Waals surface area contributed by atoms with E-state index < -0.39 is 17.6 Å². The SMILES string of the molecule is CC(C)(C)OC(=O)N(C/C=C/C(N)=O)CCCCN1c2ccccc2CCc2ccc(Cl)cc21. The number of hydrogen-bond acceptors (Lipinski definition) is 4. The molecule has 3 rings (SSSR count). The molecule has 0 unspecified atom stereocenters. The summed E-state index contributed by atoms with van der Waals surface area (Å²) >= 11 is 6.36. The lowest BCUT2D eigenvalue weighted by Gasteiger charge is -2.29. The monoisotopic (exact) mass is 483 g/mol. The zero-order valence-electron chi connectivity index (χ0n) is 20.2. The second kappa shape index (κ2) is 11.4. The zero-order valence-corrected chi connectivity index (χ0v) is 21.0. The van der Waals surface area contributed by atoms with Gasteiger partial charge in [0.05, 0.1) is 0 Å². The van der Waals surface area contributed by atoms with E-state index in [9.17, 15) is 9.59 Å². The number of halogens is 1. The van der Waals surface area contributed by atoms with Gasteiger partial charge in [0.25, 0.3) is 0 Å². The Bertz CT molecular complexity index is 1050. The quantitative estimate of drug-likeness (QED) is 0.389. The zero-order chi connectivity index (χ0) is 24.7. The summed E-state index contributed by atoms with van der Waals surface area (Å²) in [7, 11) is 0. The van der Waals surface area contributed by atoms with E-state index in [0.29, 0.717) is 6.54 Å². The minimum atomic E-state index is -0.596. The average Bonchev–Trinajstić information content (AvgIpc) is 2.90. The summed E-state index contributed by atoms with van der Waals surface area (Å²) in [5, 5.41) is 0.723. The van der Waals surface area contributed by atoms with Gasteiger partial charge >= 0.3 is 6.09 Å². The molecule has 2 aromatic rings. The number of carbonyl (C=O) groups excluding carboxylic acids is 2. The number of ether oxygens (including phenoxy) is 1. The van der Waals surface area contributed by atoms with Crippen LogP contribution in [0.25, 0.3) is 0 Å². The highest BCUT2D eigenvalue weighted by atomic mass is 35.5. The van der Waals surface area contributed by atoms with Gasteiger partial charge in [-0.25, -0.2) is 4.79 Å². The first kappa shape index (κ1) is 25.6. The van der Waals surface area contributed by atoms with Crippen LogP contribution in [0.15, 0.2) is 54.6 Å². The molecule has 2 N–H and O–H groups in total. The van der Waals surface area contributed by atoms with Gasteiger partial charge in [0.15, 0.2) is 0 Å². The van der Waals surface area contributed by atoms with Crippen molar-refractivity contribution in [2.75, 3.05) is 24.5 Å². The van der Waals surface area contributed by atoms with Crippen LogP contribution in [0.2, 0.25) is 5.02 Å². The lowest BCUT2D eigenvalue weighted by atomic mass is 10.0. The highest BCUT2D eigenvalue weighted by Crippen LogP contribution is 2.37. The summed E-state index contributed by atoms with van der Waals surface area (Å²) in [6.07, 6.45) is 6.05. The normalized spacial score (nSPS) is 13.2. The maximum absolute atomic E-state index is 12.7. The molecule has 34 heavy (non-hydrogen) atoms. The molecule has 0 radical (unpaired) electrons. The maximum atomic E-state index is 12.7. The third kappa shape index (κ3) is 7.26. The Balaban J connectivity index is 1.70. The molecule has 7 heteroatoms. The summed E-state index contributed by atoms with van der Waals surface area (Å²) in [5.41, 5.74) is 9.55. The molecule has 1 aliphatic rings. The van der Waals surface area contributed by atoms with Gasteiger partial charge in [0.2, 0.25) is 5.91 Å². The Morgan fingerprint density at radius 1 is 1.09 bits per heavy atom. The van der Waals surface area contributed by atoms with E-state index >= 15 is 0 Å². The van der Waals surface area contributed by atoms with Gasteiger partial charge in [-0.15, -0.1) is 0 Å². The van der Waals surface area contributed by atoms with E-state index in [2.05, 4.69) is 35.2 Å². The molecule has 1 heterocycles. The topological polar surface area (TPSA) is 75.9 Å². The van der Waals surface area contributed by atoms with Crippen molar-refractivity contribution in [3.63, 3.8) is 0 Å². The second-order valence-electron chi connectivity index (χ2n) is 9.49. The first-order valence-corrected chi connectivity index (χ1v) is 12.1. The number of nitrogens with zero attached hydrogens (tertiary/aromatic N) is 2. The number of amides is 2. The number of fused-ring (bicyclic) bond motifs is 2. The molecule has 0 spiro atoms. The molecule has 0 aromatic heterocycles. The fourth-order valence-corrected chi connectivity index (χ4v) is 4.24. The van der Waals surface area contributed by atoms with Crippen molar-refractivity contribution < 1.29 is 14.3 Å². The van der Waals surface area contributed by atoms with Gasteiger partial charge in [-0.2, -0.15) is 0 Å². The van der Waals surface area contributed by atoms with Gasteiger partial charge in [-0.05, 0) is 75.8 Å². The largest absolute Gasteiger partial charge is 0.444 e. The summed E-state index contributed by atoms with van der Waals surface area (Å²) in [5.74, 6) is -0.540. The van der Waals surface area contributed by atoms with Crippen LogP contribution in [0.3, 0.4) is 0 Å². The van der Waals surface area contributed by atoms with Crippen molar-refractivity contribution in [3.05, 3.63) is 70.8 Å². The Morgan fingerprint density at radius 2 is 1.79 bits per heavy atom. The maximum Gasteiger partial charge on any atom is 0.410 e. The van der Waals surface area contributed by atoms with Crippen LogP contribution in [0.1, 0.15) is 44.7 Å². The second-order valence-corrected chi connectivity index (χ2v) is 9.93. The number of benzene rings is 2. The molecule has 0 bridgehead atoms. The minimum Gasteiger partial charge on any atom is -0.444 e. The summed E-state index contributed by atoms with van der Waals surface area (Å²) in [6, 6.07) is 14.6. The number of aryl methyl sites for hydroxylation is 2. The molecule has 0 saturated heterocycles. The van der Waals surface area contributed by atoms with Gasteiger partial charge < -0.3 is 20.3 Å². The first-order valence-electron chi connectivity index (χ1n) is 11.7. The van der Waals surface area contributed by atoms with Crippen LogP contribution in [0.5, 0.6) is 0 Å². The van der Waals surface area contributed by atoms with Crippen LogP contribution in [-0.4, -0.2) is 42.1 Å². The lowest BCUT2D eigenvalue weighted by Crippen LogP contribution is -2.37. The minimum absolute atomic E-state index is 0.267. The molecule has 6 nitrogen and oxygen atoms in total. The summed E-state index contributed by atoms with van der Waals surface area (Å²) in [6.45, 7) is 7.08. The summed E-state index contributed by atoms with van der Waals surface area (Å²) in [4.78, 5) is 27.7. The number of rotatable bonds is 8. The number of carbonyl (C=O) groups is 2. The molecule has 0 atom stereocenters. The fraction of sp³-hybridized carbons (Fsp3) is 0.407. The van der Waals surface area contributed by atoms with Crippen LogP contribution in [0, 0.1) is 0 Å². The lowest BCUT2D eigenvalue weighted by molar-refractivity contribution is -0.113. The fourth-order valence-electron chi connectivity index (χ4n) is 4.08. The molecule has 0 aliphatic carbocycles. The van der Waals surface area contributed by atoms with E-state index in [1.54, 1.807) is 11.0 Å². The number of unbranched alkanes of at least 4 members (excludes halogenated alkanes) is 1. The van der Waals surface area contributed by atoms with Crippen LogP contribution in [0.4, 0.5) is 16.2 Å². The van der Waals surface area contributed by atoms with Gasteiger partial charge in [0.1, 0.15) is 5.60 Å². The molecule has 2 aromatic carbocycles. The van der Waals surface area contributed by atoms with E-state index in [1.807, 2.05) is 32.9 Å². The number of para-hydroxylation sites is 1. The van der Waals surface area contributed by atoms with Gasteiger partial charge in [-0.3, -0.25) is 4.79 Å². The van der Waals surface area contributed by atoms with Crippen molar-refractivity contribution in [1.82, 2.24) is 4.90 Å². The Hall–Kier alpha value is -2.99. The van der Waals surface area contributed by atoms with E-state index in [-0.39, 0.29) is 6.54 Å². The number of hydrogen-bond donors (Lipinski definition) is 1. The van der Waals surface area contributed by atoms with E-state index in [1.165, 1.54) is 22.9 Å². The molecule has 2 amide bonds. The standard InChI is InChI=1S/C27H34ClN3O3/c1-27(2,3)34-26(33)30(17-8-11-25(29)32)16-6-7-18-31-23-10-5-4-9-20(23)12-13-21-14-15-22(28)19-24(21)31/h4-5,8-11,14-15,19H,6-7,12-13,16-18H2,1-3H3,(H2,29,32)/b11-8+. The van der Waals surface area contributed by atoms with Gasteiger partial charge in [-0.1, -0.05) is 41.9 Å². The number of nitrogens with two attached hydrogens (primary N) is 1. The van der Waals surface area contributed by atoms with Crippen molar-refractivity contribution in [3.8, 4) is 0 Å².